The van der Waals surface area contributed by atoms with Gasteiger partial charge in [-0.2, -0.15) is 0 Å². The molecule has 0 saturated heterocycles. The lowest BCUT2D eigenvalue weighted by Crippen LogP contribution is -2.43. The van der Waals surface area contributed by atoms with Gasteiger partial charge in [-0.05, 0) is 36.8 Å². The van der Waals surface area contributed by atoms with Crippen LogP contribution in [-0.2, 0) is 6.54 Å². The summed E-state index contributed by atoms with van der Waals surface area (Å²) < 4.78 is 11.7. The molecule has 0 aliphatic carbocycles. The van der Waals surface area contributed by atoms with Crippen molar-refractivity contribution < 1.29 is 14.3 Å². The summed E-state index contributed by atoms with van der Waals surface area (Å²) in [5.74, 6) is 1.47. The van der Waals surface area contributed by atoms with Gasteiger partial charge in [0.05, 0.1) is 6.54 Å². The van der Waals surface area contributed by atoms with Crippen LogP contribution in [0.5, 0.6) is 11.5 Å². The maximum Gasteiger partial charge on any atom is 0.253 e. The summed E-state index contributed by atoms with van der Waals surface area (Å²) >= 11 is 0. The van der Waals surface area contributed by atoms with Gasteiger partial charge in [0.2, 0.25) is 0 Å². The Balaban J connectivity index is 0.00000225. The molecule has 6 heteroatoms. The number of nitrogens with two attached hydrogens (primary N) is 1. The van der Waals surface area contributed by atoms with Gasteiger partial charge in [0, 0.05) is 18.7 Å². The molecule has 1 aliphatic rings. The first-order chi connectivity index (χ1) is 11.7. The van der Waals surface area contributed by atoms with Crippen LogP contribution in [0.25, 0.3) is 0 Å². The van der Waals surface area contributed by atoms with E-state index in [1.165, 1.54) is 0 Å². The molecule has 0 fully saturated rings. The average molecular weight is 363 g/mol. The smallest absolute Gasteiger partial charge is 0.253 e. The Morgan fingerprint density at radius 3 is 2.48 bits per heavy atom. The number of likely N-dealkylation sites (N-methyl/N-ethyl adjacent to an activating group) is 1. The Bertz CT molecular complexity index is 706. The third-order valence-electron chi connectivity index (χ3n) is 4.10. The minimum absolute atomic E-state index is 0. The predicted molar refractivity (Wildman–Crippen MR) is 99.5 cm³/mol. The highest BCUT2D eigenvalue weighted by Crippen LogP contribution is 2.31. The topological polar surface area (TPSA) is 64.8 Å². The van der Waals surface area contributed by atoms with Crippen molar-refractivity contribution in [1.29, 1.82) is 0 Å². The highest BCUT2D eigenvalue weighted by atomic mass is 35.5. The molecule has 1 heterocycles. The summed E-state index contributed by atoms with van der Waals surface area (Å²) in [6.07, 6.45) is -0.174. The monoisotopic (exact) mass is 362 g/mol. The fraction of sp³-hybridized carbons (Fsp3) is 0.316. The molecule has 2 N–H and O–H groups in total. The zero-order chi connectivity index (χ0) is 16.9. The van der Waals surface area contributed by atoms with E-state index in [0.717, 1.165) is 17.1 Å². The molecular weight excluding hydrogens is 340 g/mol. The molecule has 0 bridgehead atoms. The SMILES string of the molecule is CCN(CC1COc2ccccc2O1)C(=O)c1ccc(CN)cc1.Cl. The second-order valence-electron chi connectivity index (χ2n) is 5.74. The van der Waals surface area contributed by atoms with Crippen molar-refractivity contribution in [2.45, 2.75) is 19.6 Å². The molecule has 0 aromatic heterocycles. The highest BCUT2D eigenvalue weighted by Gasteiger charge is 2.25. The predicted octanol–water partition coefficient (Wildman–Crippen LogP) is 2.87. The Kier molecular flexibility index (Phi) is 6.67. The molecule has 3 rings (SSSR count). The second kappa shape index (κ2) is 8.74. The van der Waals surface area contributed by atoms with Gasteiger partial charge in [-0.1, -0.05) is 24.3 Å². The van der Waals surface area contributed by atoms with E-state index in [9.17, 15) is 4.79 Å². The van der Waals surface area contributed by atoms with Crippen LogP contribution in [0.4, 0.5) is 0 Å². The van der Waals surface area contributed by atoms with Crippen LogP contribution in [0.1, 0.15) is 22.8 Å². The molecule has 0 radical (unpaired) electrons. The molecule has 1 unspecified atom stereocenters. The number of rotatable bonds is 5. The highest BCUT2D eigenvalue weighted by molar-refractivity contribution is 5.94. The number of carbonyl (C=O) groups is 1. The Morgan fingerprint density at radius 2 is 1.84 bits per heavy atom. The summed E-state index contributed by atoms with van der Waals surface area (Å²) in [4.78, 5) is 14.5. The lowest BCUT2D eigenvalue weighted by Gasteiger charge is -2.31. The quantitative estimate of drug-likeness (QED) is 0.888. The lowest BCUT2D eigenvalue weighted by molar-refractivity contribution is 0.0475. The van der Waals surface area contributed by atoms with Gasteiger partial charge in [0.25, 0.3) is 5.91 Å². The number of amides is 1. The third kappa shape index (κ3) is 4.44. The molecule has 1 aliphatic heterocycles. The Hall–Kier alpha value is -2.24. The number of carbonyl (C=O) groups excluding carboxylic acids is 1. The average Bonchev–Trinajstić information content (AvgIpc) is 2.65. The van der Waals surface area contributed by atoms with Crippen molar-refractivity contribution in [3.05, 3.63) is 59.7 Å². The molecule has 2 aromatic carbocycles. The summed E-state index contributed by atoms with van der Waals surface area (Å²) in [5.41, 5.74) is 7.27. The van der Waals surface area contributed by atoms with E-state index >= 15 is 0 Å². The van der Waals surface area contributed by atoms with Gasteiger partial charge >= 0.3 is 0 Å². The first-order valence-corrected chi connectivity index (χ1v) is 8.18. The van der Waals surface area contributed by atoms with Gasteiger partial charge in [-0.3, -0.25) is 4.79 Å². The van der Waals surface area contributed by atoms with Crippen molar-refractivity contribution in [3.63, 3.8) is 0 Å². The van der Waals surface area contributed by atoms with E-state index in [1.54, 1.807) is 4.90 Å². The van der Waals surface area contributed by atoms with E-state index in [2.05, 4.69) is 0 Å². The normalized spacial score (nSPS) is 15.2. The summed E-state index contributed by atoms with van der Waals surface area (Å²) in [6.45, 7) is 3.97. The zero-order valence-corrected chi connectivity index (χ0v) is 15.0. The van der Waals surface area contributed by atoms with Crippen LogP contribution < -0.4 is 15.2 Å². The van der Waals surface area contributed by atoms with Crippen molar-refractivity contribution in [3.8, 4) is 11.5 Å². The molecule has 0 spiro atoms. The fourth-order valence-corrected chi connectivity index (χ4v) is 2.72. The number of fused-ring (bicyclic) bond motifs is 1. The molecule has 134 valence electrons. The van der Waals surface area contributed by atoms with Crippen LogP contribution in [0.2, 0.25) is 0 Å². The number of benzene rings is 2. The zero-order valence-electron chi connectivity index (χ0n) is 14.2. The largest absolute Gasteiger partial charge is 0.486 e. The number of hydrogen-bond donors (Lipinski definition) is 1. The number of para-hydroxylation sites is 2. The van der Waals surface area contributed by atoms with Crippen molar-refractivity contribution in [2.75, 3.05) is 19.7 Å². The summed E-state index contributed by atoms with van der Waals surface area (Å²) in [5, 5.41) is 0. The maximum atomic E-state index is 12.7. The van der Waals surface area contributed by atoms with Gasteiger partial charge in [0.15, 0.2) is 17.6 Å². The van der Waals surface area contributed by atoms with Crippen LogP contribution in [-0.4, -0.2) is 36.6 Å². The fourth-order valence-electron chi connectivity index (χ4n) is 2.72. The molecule has 1 atom stereocenters. The van der Waals surface area contributed by atoms with Gasteiger partial charge in [-0.25, -0.2) is 0 Å². The molecule has 0 saturated carbocycles. The van der Waals surface area contributed by atoms with Gasteiger partial charge in [0.1, 0.15) is 6.61 Å². The van der Waals surface area contributed by atoms with E-state index < -0.39 is 0 Å². The standard InChI is InChI=1S/C19H22N2O3.ClH/c1-2-21(19(22)15-9-7-14(11-20)8-10-15)12-16-13-23-17-5-3-4-6-18(17)24-16;/h3-10,16H,2,11-13,20H2,1H3;1H. The first-order valence-electron chi connectivity index (χ1n) is 8.18. The number of hydrogen-bond acceptors (Lipinski definition) is 4. The van der Waals surface area contributed by atoms with Crippen LogP contribution in [0.3, 0.4) is 0 Å². The Morgan fingerprint density at radius 1 is 1.16 bits per heavy atom. The van der Waals surface area contributed by atoms with Crippen molar-refractivity contribution in [1.82, 2.24) is 4.90 Å². The Labute approximate surface area is 154 Å². The number of ether oxygens (including phenoxy) is 2. The van der Waals surface area contributed by atoms with Crippen molar-refractivity contribution in [2.24, 2.45) is 5.73 Å². The molecule has 2 aromatic rings. The molecule has 1 amide bonds. The minimum Gasteiger partial charge on any atom is -0.486 e. The van der Waals surface area contributed by atoms with Crippen LogP contribution in [0, 0.1) is 0 Å². The minimum atomic E-state index is -0.174. The van der Waals surface area contributed by atoms with Crippen molar-refractivity contribution >= 4 is 18.3 Å². The third-order valence-corrected chi connectivity index (χ3v) is 4.10. The second-order valence-corrected chi connectivity index (χ2v) is 5.74. The lowest BCUT2D eigenvalue weighted by atomic mass is 10.1. The first kappa shape index (κ1) is 19.1. The van der Waals surface area contributed by atoms with E-state index in [4.69, 9.17) is 15.2 Å². The van der Waals surface area contributed by atoms with Gasteiger partial charge in [-0.15, -0.1) is 12.4 Å². The van der Waals surface area contributed by atoms with E-state index in [0.29, 0.717) is 31.8 Å². The number of halogens is 1. The maximum absolute atomic E-state index is 12.7. The van der Waals surface area contributed by atoms with E-state index in [-0.39, 0.29) is 24.4 Å². The molecule has 5 nitrogen and oxygen atoms in total. The van der Waals surface area contributed by atoms with Crippen LogP contribution in [0.15, 0.2) is 48.5 Å². The summed E-state index contributed by atoms with van der Waals surface area (Å²) in [6, 6.07) is 15.0. The van der Waals surface area contributed by atoms with E-state index in [1.807, 2.05) is 55.5 Å². The summed E-state index contributed by atoms with van der Waals surface area (Å²) in [7, 11) is 0. The molecule has 25 heavy (non-hydrogen) atoms. The molecular formula is C19H23ClN2O3. The van der Waals surface area contributed by atoms with Crippen LogP contribution >= 0.6 is 12.4 Å². The van der Waals surface area contributed by atoms with Gasteiger partial charge < -0.3 is 20.1 Å². The number of nitrogens with zero attached hydrogens (tertiary/aromatic N) is 1.